The van der Waals surface area contributed by atoms with Crippen LogP contribution in [0.25, 0.3) is 5.65 Å². The number of amides is 1. The summed E-state index contributed by atoms with van der Waals surface area (Å²) in [4.78, 5) is 30.4. The standard InChI is InChI=1S/C22H29N7O4/c1-14(13-30)11-24-21(31)16-12-25-29-19(23-2)10-18(27-20(16)29)26-17-4-3-7-28(22(17)32)15-5-8-33-9-6-15/h3-4,7,10,12,14-15,23,30H,5-6,8-9,11,13H2,1-2H3,(H,24,31)(H,26,27)/t14-/m0/s1. The Kier molecular flexibility index (Phi) is 6.90. The number of fused-ring (bicyclic) bond motifs is 1. The minimum Gasteiger partial charge on any atom is -0.396 e. The molecule has 0 radical (unpaired) electrons. The lowest BCUT2D eigenvalue weighted by Crippen LogP contribution is -2.30. The zero-order chi connectivity index (χ0) is 23.4. The van der Waals surface area contributed by atoms with Crippen LogP contribution in [-0.2, 0) is 4.74 Å². The second kappa shape index (κ2) is 10.0. The molecule has 11 heteroatoms. The van der Waals surface area contributed by atoms with Crippen LogP contribution in [0.2, 0.25) is 0 Å². The zero-order valence-electron chi connectivity index (χ0n) is 18.7. The number of aliphatic hydroxyl groups excluding tert-OH is 1. The molecule has 1 saturated heterocycles. The summed E-state index contributed by atoms with van der Waals surface area (Å²) in [5.41, 5.74) is 0.902. The Morgan fingerprint density at radius 2 is 2.15 bits per heavy atom. The van der Waals surface area contributed by atoms with E-state index in [0.29, 0.717) is 48.3 Å². The Balaban J connectivity index is 1.65. The van der Waals surface area contributed by atoms with E-state index in [1.54, 1.807) is 29.9 Å². The molecule has 0 aromatic carbocycles. The van der Waals surface area contributed by atoms with Crippen LogP contribution >= 0.6 is 0 Å². The van der Waals surface area contributed by atoms with Crippen LogP contribution in [0.15, 0.2) is 35.4 Å². The van der Waals surface area contributed by atoms with Gasteiger partial charge < -0.3 is 30.4 Å². The average molecular weight is 456 g/mol. The highest BCUT2D eigenvalue weighted by Crippen LogP contribution is 2.22. The van der Waals surface area contributed by atoms with Crippen molar-refractivity contribution in [1.29, 1.82) is 0 Å². The number of aliphatic hydroxyl groups is 1. The van der Waals surface area contributed by atoms with E-state index in [4.69, 9.17) is 4.74 Å². The molecule has 4 N–H and O–H groups in total. The van der Waals surface area contributed by atoms with Gasteiger partial charge in [-0.1, -0.05) is 6.92 Å². The first-order valence-corrected chi connectivity index (χ1v) is 11.0. The summed E-state index contributed by atoms with van der Waals surface area (Å²) >= 11 is 0. The van der Waals surface area contributed by atoms with Gasteiger partial charge in [0.2, 0.25) is 0 Å². The van der Waals surface area contributed by atoms with Crippen molar-refractivity contribution < 1.29 is 14.6 Å². The quantitative estimate of drug-likeness (QED) is 0.400. The Morgan fingerprint density at radius 3 is 2.88 bits per heavy atom. The van der Waals surface area contributed by atoms with Gasteiger partial charge in [-0.15, -0.1) is 0 Å². The van der Waals surface area contributed by atoms with Gasteiger partial charge in [-0.25, -0.2) is 4.98 Å². The third-order valence-corrected chi connectivity index (χ3v) is 5.72. The van der Waals surface area contributed by atoms with Crippen molar-refractivity contribution in [1.82, 2.24) is 24.5 Å². The van der Waals surface area contributed by atoms with Gasteiger partial charge in [0.1, 0.15) is 22.9 Å². The molecule has 4 rings (SSSR count). The van der Waals surface area contributed by atoms with Gasteiger partial charge in [-0.2, -0.15) is 9.61 Å². The molecule has 0 bridgehead atoms. The molecule has 1 aliphatic heterocycles. The van der Waals surface area contributed by atoms with E-state index in [1.165, 1.54) is 10.7 Å². The average Bonchev–Trinajstić information content (AvgIpc) is 3.27. The lowest BCUT2D eigenvalue weighted by atomic mass is 10.1. The lowest BCUT2D eigenvalue weighted by Gasteiger charge is -2.24. The highest BCUT2D eigenvalue weighted by molar-refractivity contribution is 6.00. The van der Waals surface area contributed by atoms with Crippen molar-refractivity contribution in [3.05, 3.63) is 46.5 Å². The minimum atomic E-state index is -0.335. The second-order valence-electron chi connectivity index (χ2n) is 8.17. The summed E-state index contributed by atoms with van der Waals surface area (Å²) in [7, 11) is 1.74. The number of anilines is 3. The van der Waals surface area contributed by atoms with Crippen molar-refractivity contribution >= 4 is 28.9 Å². The highest BCUT2D eigenvalue weighted by atomic mass is 16.5. The van der Waals surface area contributed by atoms with Crippen molar-refractivity contribution in [3.63, 3.8) is 0 Å². The van der Waals surface area contributed by atoms with E-state index >= 15 is 0 Å². The maximum absolute atomic E-state index is 13.1. The molecule has 3 aromatic rings. The molecule has 0 aliphatic carbocycles. The summed E-state index contributed by atoms with van der Waals surface area (Å²) in [5, 5.41) is 22.4. The summed E-state index contributed by atoms with van der Waals surface area (Å²) in [6.07, 6.45) is 4.83. The summed E-state index contributed by atoms with van der Waals surface area (Å²) in [6.45, 7) is 3.43. The number of aromatic nitrogens is 4. The Bertz CT molecular complexity index is 1180. The van der Waals surface area contributed by atoms with Gasteiger partial charge in [0.05, 0.1) is 6.20 Å². The van der Waals surface area contributed by atoms with E-state index in [-0.39, 0.29) is 30.0 Å². The Labute approximate surface area is 190 Å². The first kappa shape index (κ1) is 22.7. The number of nitrogens with one attached hydrogen (secondary N) is 3. The summed E-state index contributed by atoms with van der Waals surface area (Å²) in [6, 6.07) is 5.36. The maximum atomic E-state index is 13.1. The van der Waals surface area contributed by atoms with E-state index in [1.807, 2.05) is 13.0 Å². The largest absolute Gasteiger partial charge is 0.396 e. The van der Waals surface area contributed by atoms with Gasteiger partial charge in [0.15, 0.2) is 5.65 Å². The molecule has 4 heterocycles. The Morgan fingerprint density at radius 1 is 1.36 bits per heavy atom. The number of hydrogen-bond donors (Lipinski definition) is 4. The number of nitrogens with zero attached hydrogens (tertiary/aromatic N) is 4. The fourth-order valence-electron chi connectivity index (χ4n) is 3.79. The molecule has 0 unspecified atom stereocenters. The molecular formula is C22H29N7O4. The third kappa shape index (κ3) is 4.83. The predicted molar refractivity (Wildman–Crippen MR) is 124 cm³/mol. The van der Waals surface area contributed by atoms with E-state index in [9.17, 15) is 14.7 Å². The number of carbonyl (C=O) groups is 1. The van der Waals surface area contributed by atoms with Gasteiger partial charge >= 0.3 is 0 Å². The minimum absolute atomic E-state index is 0.0201. The highest BCUT2D eigenvalue weighted by Gasteiger charge is 2.20. The van der Waals surface area contributed by atoms with Crippen LogP contribution in [0.5, 0.6) is 0 Å². The maximum Gasteiger partial charge on any atom is 0.274 e. The second-order valence-corrected chi connectivity index (χ2v) is 8.17. The van der Waals surface area contributed by atoms with Crippen LogP contribution in [0.4, 0.5) is 17.3 Å². The number of hydrogen-bond acceptors (Lipinski definition) is 8. The van der Waals surface area contributed by atoms with Crippen LogP contribution in [0.3, 0.4) is 0 Å². The fraction of sp³-hybridized carbons (Fsp3) is 0.455. The molecule has 1 amide bonds. The Hall–Kier alpha value is -3.44. The van der Waals surface area contributed by atoms with E-state index in [2.05, 4.69) is 26.0 Å². The number of carbonyl (C=O) groups excluding carboxylic acids is 1. The number of pyridine rings is 1. The first-order chi connectivity index (χ1) is 16.0. The van der Waals surface area contributed by atoms with Gasteiger partial charge in [-0.05, 0) is 30.9 Å². The fourth-order valence-corrected chi connectivity index (χ4v) is 3.79. The van der Waals surface area contributed by atoms with Gasteiger partial charge in [-0.3, -0.25) is 9.59 Å². The van der Waals surface area contributed by atoms with Crippen molar-refractivity contribution in [3.8, 4) is 0 Å². The van der Waals surface area contributed by atoms with Crippen LogP contribution in [-0.4, -0.2) is 63.6 Å². The van der Waals surface area contributed by atoms with Crippen molar-refractivity contribution in [2.45, 2.75) is 25.8 Å². The van der Waals surface area contributed by atoms with Crippen molar-refractivity contribution in [2.75, 3.05) is 44.0 Å². The third-order valence-electron chi connectivity index (χ3n) is 5.72. The van der Waals surface area contributed by atoms with E-state index in [0.717, 1.165) is 12.8 Å². The molecule has 1 fully saturated rings. The zero-order valence-corrected chi connectivity index (χ0v) is 18.7. The molecule has 3 aromatic heterocycles. The van der Waals surface area contributed by atoms with E-state index < -0.39 is 0 Å². The lowest BCUT2D eigenvalue weighted by molar-refractivity contribution is 0.0687. The molecule has 11 nitrogen and oxygen atoms in total. The van der Waals surface area contributed by atoms with Crippen LogP contribution in [0.1, 0.15) is 36.2 Å². The molecule has 0 saturated carbocycles. The predicted octanol–water partition coefficient (Wildman–Crippen LogP) is 1.39. The SMILES string of the molecule is CNc1cc(Nc2cccn(C3CCOCC3)c2=O)nc2c(C(=O)NC[C@H](C)CO)cnn12. The molecule has 33 heavy (non-hydrogen) atoms. The number of rotatable bonds is 8. The first-order valence-electron chi connectivity index (χ1n) is 11.0. The van der Waals surface area contributed by atoms with Gasteiger partial charge in [0, 0.05) is 51.7 Å². The summed E-state index contributed by atoms with van der Waals surface area (Å²) < 4.78 is 8.68. The van der Waals surface area contributed by atoms with Crippen molar-refractivity contribution in [2.24, 2.45) is 5.92 Å². The smallest absolute Gasteiger partial charge is 0.274 e. The molecular weight excluding hydrogens is 426 g/mol. The van der Waals surface area contributed by atoms with Gasteiger partial charge in [0.25, 0.3) is 11.5 Å². The van der Waals surface area contributed by atoms with Crippen LogP contribution in [0, 0.1) is 5.92 Å². The summed E-state index contributed by atoms with van der Waals surface area (Å²) in [5.74, 6) is 0.612. The molecule has 1 aliphatic rings. The monoisotopic (exact) mass is 455 g/mol. The number of ether oxygens (including phenoxy) is 1. The normalized spacial score (nSPS) is 15.4. The molecule has 0 spiro atoms. The molecule has 1 atom stereocenters. The topological polar surface area (TPSA) is 135 Å². The van der Waals surface area contributed by atoms with Crippen LogP contribution < -0.4 is 21.5 Å². The molecule has 176 valence electrons.